The van der Waals surface area contributed by atoms with Gasteiger partial charge in [0.15, 0.2) is 5.82 Å². The molecule has 2 aromatic heterocycles. The number of carbonyl (C=O) groups is 1. The van der Waals surface area contributed by atoms with Crippen molar-refractivity contribution in [3.05, 3.63) is 78.4 Å². The van der Waals surface area contributed by atoms with Gasteiger partial charge in [-0.2, -0.15) is 5.10 Å². The van der Waals surface area contributed by atoms with E-state index < -0.39 is 0 Å². The van der Waals surface area contributed by atoms with E-state index in [-0.39, 0.29) is 5.91 Å². The molecule has 158 valence electrons. The number of aromatic amines is 2. The summed E-state index contributed by atoms with van der Waals surface area (Å²) in [7, 11) is 0. The topological polar surface area (TPSA) is 80.9 Å². The molecule has 1 saturated heterocycles. The lowest BCUT2D eigenvalue weighted by molar-refractivity contribution is 0.0747. The summed E-state index contributed by atoms with van der Waals surface area (Å²) >= 11 is 0. The summed E-state index contributed by atoms with van der Waals surface area (Å²) in [5.74, 6) is 0.745. The molecule has 1 aliphatic heterocycles. The first-order chi connectivity index (χ1) is 15.8. The maximum absolute atomic E-state index is 13.3. The van der Waals surface area contributed by atoms with Crippen LogP contribution in [-0.4, -0.2) is 57.2 Å². The monoisotopic (exact) mass is 422 g/mol. The Morgan fingerprint density at radius 1 is 0.844 bits per heavy atom. The molecule has 3 heterocycles. The van der Waals surface area contributed by atoms with Crippen molar-refractivity contribution in [2.45, 2.75) is 0 Å². The molecule has 7 nitrogen and oxygen atoms in total. The Morgan fingerprint density at radius 3 is 2.44 bits per heavy atom. The summed E-state index contributed by atoms with van der Waals surface area (Å²) < 4.78 is 0. The Hall–Kier alpha value is -4.13. The van der Waals surface area contributed by atoms with Gasteiger partial charge in [-0.3, -0.25) is 9.89 Å². The molecule has 3 aromatic carbocycles. The van der Waals surface area contributed by atoms with Gasteiger partial charge >= 0.3 is 0 Å². The molecule has 0 aliphatic carbocycles. The van der Waals surface area contributed by atoms with Crippen molar-refractivity contribution in [1.29, 1.82) is 0 Å². The molecule has 32 heavy (non-hydrogen) atoms. The van der Waals surface area contributed by atoms with Gasteiger partial charge in [0.05, 0.1) is 16.6 Å². The third-order valence-electron chi connectivity index (χ3n) is 6.11. The quantitative estimate of drug-likeness (QED) is 0.459. The van der Waals surface area contributed by atoms with Gasteiger partial charge in [-0.1, -0.05) is 30.3 Å². The number of hydrogen-bond acceptors (Lipinski definition) is 4. The van der Waals surface area contributed by atoms with E-state index in [4.69, 9.17) is 0 Å². The second kappa shape index (κ2) is 7.53. The smallest absolute Gasteiger partial charge is 0.253 e. The molecule has 2 N–H and O–H groups in total. The van der Waals surface area contributed by atoms with Crippen LogP contribution in [0.1, 0.15) is 10.4 Å². The number of H-pyrrole nitrogens is 2. The van der Waals surface area contributed by atoms with E-state index in [1.54, 1.807) is 0 Å². The first-order valence-corrected chi connectivity index (χ1v) is 10.8. The fourth-order valence-corrected chi connectivity index (χ4v) is 4.38. The lowest BCUT2D eigenvalue weighted by atomic mass is 10.1. The summed E-state index contributed by atoms with van der Waals surface area (Å²) in [5, 5.41) is 8.41. The highest BCUT2D eigenvalue weighted by atomic mass is 16.2. The van der Waals surface area contributed by atoms with Crippen molar-refractivity contribution in [3.63, 3.8) is 0 Å². The lowest BCUT2D eigenvalue weighted by Crippen LogP contribution is -2.48. The number of hydrogen-bond donors (Lipinski definition) is 2. The fourth-order valence-electron chi connectivity index (χ4n) is 4.38. The van der Waals surface area contributed by atoms with Gasteiger partial charge in [0.25, 0.3) is 5.91 Å². The second-order valence-electron chi connectivity index (χ2n) is 8.05. The number of fused-ring (bicyclic) bond motifs is 2. The second-order valence-corrected chi connectivity index (χ2v) is 8.05. The van der Waals surface area contributed by atoms with E-state index >= 15 is 0 Å². The molecular formula is C25H22N6O. The first-order valence-electron chi connectivity index (χ1n) is 10.8. The van der Waals surface area contributed by atoms with Gasteiger partial charge in [0.1, 0.15) is 5.69 Å². The van der Waals surface area contributed by atoms with Crippen molar-refractivity contribution in [2.24, 2.45) is 0 Å². The van der Waals surface area contributed by atoms with Crippen LogP contribution in [0.25, 0.3) is 33.5 Å². The Bertz CT molecular complexity index is 1380. The third kappa shape index (κ3) is 3.19. The largest absolute Gasteiger partial charge is 0.368 e. The van der Waals surface area contributed by atoms with Crippen LogP contribution < -0.4 is 4.90 Å². The van der Waals surface area contributed by atoms with E-state index in [1.807, 2.05) is 65.6 Å². The molecule has 0 radical (unpaired) electrons. The molecule has 1 aliphatic rings. The van der Waals surface area contributed by atoms with Crippen LogP contribution in [0.4, 0.5) is 5.69 Å². The van der Waals surface area contributed by atoms with Crippen LogP contribution in [0.3, 0.4) is 0 Å². The van der Waals surface area contributed by atoms with Crippen LogP contribution in [0.5, 0.6) is 0 Å². The van der Waals surface area contributed by atoms with Gasteiger partial charge in [-0.25, -0.2) is 4.98 Å². The number of anilines is 1. The minimum Gasteiger partial charge on any atom is -0.368 e. The van der Waals surface area contributed by atoms with E-state index in [0.29, 0.717) is 24.5 Å². The lowest BCUT2D eigenvalue weighted by Gasteiger charge is -2.36. The van der Waals surface area contributed by atoms with E-state index in [2.05, 4.69) is 37.2 Å². The standard InChI is InChI=1S/C25H22N6O/c32-25(31-14-12-30(13-15-31)18-6-2-1-3-7-18)17-10-11-20-19(16-17)23(29-28-20)24-26-21-8-4-5-9-22(21)27-24/h1-11,16H,12-15H2,(H,26,27)(H,28,29). The number of para-hydroxylation sites is 3. The molecule has 7 heteroatoms. The minimum absolute atomic E-state index is 0.0522. The first kappa shape index (κ1) is 18.6. The third-order valence-corrected chi connectivity index (χ3v) is 6.11. The molecular weight excluding hydrogens is 400 g/mol. The van der Waals surface area contributed by atoms with E-state index in [0.717, 1.165) is 40.7 Å². The number of nitrogens with zero attached hydrogens (tertiary/aromatic N) is 4. The van der Waals surface area contributed by atoms with Gasteiger partial charge in [-0.15, -0.1) is 0 Å². The van der Waals surface area contributed by atoms with Crippen LogP contribution >= 0.6 is 0 Å². The highest BCUT2D eigenvalue weighted by Gasteiger charge is 2.23. The zero-order valence-electron chi connectivity index (χ0n) is 17.5. The Kier molecular flexibility index (Phi) is 4.38. The predicted molar refractivity (Wildman–Crippen MR) is 126 cm³/mol. The van der Waals surface area contributed by atoms with Crippen molar-refractivity contribution in [1.82, 2.24) is 25.1 Å². The number of carbonyl (C=O) groups excluding carboxylic acids is 1. The summed E-state index contributed by atoms with van der Waals surface area (Å²) in [5.41, 5.74) is 5.33. The van der Waals surface area contributed by atoms with Crippen molar-refractivity contribution >= 4 is 33.5 Å². The summed E-state index contributed by atoms with van der Waals surface area (Å²) in [6, 6.07) is 24.0. The Labute approximate surface area is 184 Å². The van der Waals surface area contributed by atoms with Crippen LogP contribution in [0, 0.1) is 0 Å². The van der Waals surface area contributed by atoms with Gasteiger partial charge in [-0.05, 0) is 42.5 Å². The van der Waals surface area contributed by atoms with Crippen LogP contribution in [0.15, 0.2) is 72.8 Å². The molecule has 0 saturated carbocycles. The molecule has 0 unspecified atom stereocenters. The average Bonchev–Trinajstić information content (AvgIpc) is 3.47. The normalized spacial score (nSPS) is 14.4. The zero-order chi connectivity index (χ0) is 21.5. The van der Waals surface area contributed by atoms with Crippen molar-refractivity contribution in [3.8, 4) is 11.5 Å². The number of amides is 1. The van der Waals surface area contributed by atoms with Crippen LogP contribution in [-0.2, 0) is 0 Å². The molecule has 5 aromatic rings. The Balaban J connectivity index is 1.26. The minimum atomic E-state index is 0.0522. The molecule has 0 spiro atoms. The molecule has 1 fully saturated rings. The maximum Gasteiger partial charge on any atom is 0.253 e. The molecule has 0 bridgehead atoms. The number of aromatic nitrogens is 4. The molecule has 6 rings (SSSR count). The van der Waals surface area contributed by atoms with Crippen LogP contribution in [0.2, 0.25) is 0 Å². The summed E-state index contributed by atoms with van der Waals surface area (Å²) in [4.78, 5) is 25.5. The SMILES string of the molecule is O=C(c1ccc2[nH]nc(-c3nc4ccccc4[nH]3)c2c1)N1CCN(c2ccccc2)CC1. The Morgan fingerprint density at radius 2 is 1.62 bits per heavy atom. The molecule has 0 atom stereocenters. The number of nitrogens with one attached hydrogen (secondary N) is 2. The van der Waals surface area contributed by atoms with Gasteiger partial charge < -0.3 is 14.8 Å². The number of piperazine rings is 1. The average molecular weight is 422 g/mol. The number of imidazole rings is 1. The van der Waals surface area contributed by atoms with Crippen molar-refractivity contribution in [2.75, 3.05) is 31.1 Å². The number of benzene rings is 3. The summed E-state index contributed by atoms with van der Waals surface area (Å²) in [6.07, 6.45) is 0. The van der Waals surface area contributed by atoms with Gasteiger partial charge in [0, 0.05) is 42.8 Å². The van der Waals surface area contributed by atoms with E-state index in [1.165, 1.54) is 5.69 Å². The predicted octanol–water partition coefficient (Wildman–Crippen LogP) is 4.07. The van der Waals surface area contributed by atoms with Crippen molar-refractivity contribution < 1.29 is 4.79 Å². The van der Waals surface area contributed by atoms with Gasteiger partial charge in [0.2, 0.25) is 0 Å². The number of rotatable bonds is 3. The highest BCUT2D eigenvalue weighted by molar-refractivity contribution is 6.01. The maximum atomic E-state index is 13.3. The highest BCUT2D eigenvalue weighted by Crippen LogP contribution is 2.27. The zero-order valence-corrected chi connectivity index (χ0v) is 17.5. The van der Waals surface area contributed by atoms with E-state index in [9.17, 15) is 4.79 Å². The summed E-state index contributed by atoms with van der Waals surface area (Å²) in [6.45, 7) is 3.06. The molecule has 1 amide bonds. The fraction of sp³-hybridized carbons (Fsp3) is 0.160.